The van der Waals surface area contributed by atoms with Crippen molar-refractivity contribution in [3.8, 4) is 0 Å². The van der Waals surface area contributed by atoms with Gasteiger partial charge in [-0.05, 0) is 31.8 Å². The van der Waals surface area contributed by atoms with Gasteiger partial charge in [0.15, 0.2) is 0 Å². The summed E-state index contributed by atoms with van der Waals surface area (Å²) in [6.07, 6.45) is 4.25. The van der Waals surface area contributed by atoms with Crippen LogP contribution in [-0.2, 0) is 6.61 Å². The molecule has 112 valence electrons. The van der Waals surface area contributed by atoms with E-state index >= 15 is 0 Å². The van der Waals surface area contributed by atoms with Gasteiger partial charge in [0.2, 0.25) is 0 Å². The summed E-state index contributed by atoms with van der Waals surface area (Å²) in [6, 6.07) is 8.71. The number of rotatable bonds is 3. The van der Waals surface area contributed by atoms with Gasteiger partial charge < -0.3 is 14.9 Å². The summed E-state index contributed by atoms with van der Waals surface area (Å²) in [5.74, 6) is 1.02. The minimum Gasteiger partial charge on any atom is -0.392 e. The second-order valence-corrected chi connectivity index (χ2v) is 5.98. The van der Waals surface area contributed by atoms with Crippen molar-refractivity contribution in [2.75, 3.05) is 32.1 Å². The van der Waals surface area contributed by atoms with Crippen LogP contribution in [0.25, 0.3) is 10.8 Å². The van der Waals surface area contributed by atoms with Gasteiger partial charge in [-0.15, -0.1) is 0 Å². The molecule has 1 aliphatic heterocycles. The first-order valence-corrected chi connectivity index (χ1v) is 7.59. The van der Waals surface area contributed by atoms with Crippen LogP contribution in [0.15, 0.2) is 30.5 Å². The van der Waals surface area contributed by atoms with Crippen molar-refractivity contribution < 1.29 is 5.11 Å². The van der Waals surface area contributed by atoms with Gasteiger partial charge >= 0.3 is 0 Å². The first-order valence-electron chi connectivity index (χ1n) is 7.59. The fourth-order valence-electron chi connectivity index (χ4n) is 3.27. The predicted molar refractivity (Wildman–Crippen MR) is 86.6 cm³/mol. The lowest BCUT2D eigenvalue weighted by Crippen LogP contribution is -2.45. The molecule has 0 amide bonds. The Morgan fingerprint density at radius 1 is 1.33 bits per heavy atom. The number of benzene rings is 1. The Morgan fingerprint density at radius 3 is 2.81 bits per heavy atom. The van der Waals surface area contributed by atoms with E-state index in [0.29, 0.717) is 6.04 Å². The highest BCUT2D eigenvalue weighted by Gasteiger charge is 2.23. The van der Waals surface area contributed by atoms with Crippen LogP contribution in [0, 0.1) is 0 Å². The highest BCUT2D eigenvalue weighted by Crippen LogP contribution is 2.29. The first kappa shape index (κ1) is 14.3. The second-order valence-electron chi connectivity index (χ2n) is 5.98. The van der Waals surface area contributed by atoms with E-state index in [-0.39, 0.29) is 6.61 Å². The maximum absolute atomic E-state index is 9.49. The molecule has 1 fully saturated rings. The number of aliphatic hydroxyl groups is 1. The van der Waals surface area contributed by atoms with Crippen LogP contribution in [0.1, 0.15) is 18.4 Å². The smallest absolute Gasteiger partial charge is 0.136 e. The average Bonchev–Trinajstić information content (AvgIpc) is 2.53. The van der Waals surface area contributed by atoms with Crippen LogP contribution in [0.2, 0.25) is 0 Å². The van der Waals surface area contributed by atoms with Crippen molar-refractivity contribution in [2.45, 2.75) is 25.5 Å². The highest BCUT2D eigenvalue weighted by molar-refractivity contribution is 5.94. The molecule has 0 saturated carbocycles. The zero-order valence-electron chi connectivity index (χ0n) is 12.8. The fraction of sp³-hybridized carbons (Fsp3) is 0.471. The molecule has 4 heteroatoms. The maximum atomic E-state index is 9.49. The Morgan fingerprint density at radius 2 is 2.10 bits per heavy atom. The van der Waals surface area contributed by atoms with Crippen LogP contribution in [0.3, 0.4) is 0 Å². The van der Waals surface area contributed by atoms with Crippen molar-refractivity contribution in [3.63, 3.8) is 0 Å². The molecule has 0 aliphatic carbocycles. The third kappa shape index (κ3) is 2.74. The summed E-state index contributed by atoms with van der Waals surface area (Å²) in [5, 5.41) is 11.7. The third-order valence-electron chi connectivity index (χ3n) is 4.51. The van der Waals surface area contributed by atoms with Crippen molar-refractivity contribution >= 4 is 16.6 Å². The Bertz CT molecular complexity index is 628. The number of hydrogen-bond acceptors (Lipinski definition) is 4. The molecule has 21 heavy (non-hydrogen) atoms. The molecule has 2 aromatic rings. The molecule has 1 N–H and O–H groups in total. The highest BCUT2D eigenvalue weighted by atomic mass is 16.3. The Balaban J connectivity index is 2.00. The maximum Gasteiger partial charge on any atom is 0.136 e. The lowest BCUT2D eigenvalue weighted by molar-refractivity contribution is 0.247. The fourth-order valence-corrected chi connectivity index (χ4v) is 3.27. The SMILES string of the molecule is CN1CCCC(N(C)c2ncc(CO)c3ccccc23)C1. The molecule has 0 radical (unpaired) electrons. The van der Waals surface area contributed by atoms with Crippen LogP contribution in [0.5, 0.6) is 0 Å². The van der Waals surface area contributed by atoms with Gasteiger partial charge in [-0.1, -0.05) is 24.3 Å². The van der Waals surface area contributed by atoms with Crippen molar-refractivity contribution in [1.82, 2.24) is 9.88 Å². The van der Waals surface area contributed by atoms with Gasteiger partial charge in [-0.2, -0.15) is 0 Å². The number of hydrogen-bond donors (Lipinski definition) is 1. The standard InChI is InChI=1S/C17H23N3O/c1-19-9-5-6-14(11-19)20(2)17-16-8-4-3-7-15(16)13(12-21)10-18-17/h3-4,7-8,10,14,21H,5-6,9,11-12H2,1-2H3. The summed E-state index contributed by atoms with van der Waals surface area (Å²) in [5.41, 5.74) is 0.892. The lowest BCUT2D eigenvalue weighted by Gasteiger charge is -2.37. The number of likely N-dealkylation sites (N-methyl/N-ethyl adjacent to an activating group) is 2. The Hall–Kier alpha value is -1.65. The summed E-state index contributed by atoms with van der Waals surface area (Å²) < 4.78 is 0. The topological polar surface area (TPSA) is 39.6 Å². The number of likely N-dealkylation sites (tertiary alicyclic amines) is 1. The second kappa shape index (κ2) is 6.00. The number of pyridine rings is 1. The summed E-state index contributed by atoms with van der Waals surface area (Å²) >= 11 is 0. The monoisotopic (exact) mass is 285 g/mol. The van der Waals surface area contributed by atoms with Gasteiger partial charge in [0.05, 0.1) is 6.61 Å². The molecule has 4 nitrogen and oxygen atoms in total. The summed E-state index contributed by atoms with van der Waals surface area (Å²) in [6.45, 7) is 2.29. The normalized spacial score (nSPS) is 19.9. The van der Waals surface area contributed by atoms with E-state index in [0.717, 1.165) is 28.7 Å². The van der Waals surface area contributed by atoms with Crippen molar-refractivity contribution in [3.05, 3.63) is 36.0 Å². The van der Waals surface area contributed by atoms with Gasteiger partial charge in [0, 0.05) is 36.8 Å². The molecule has 0 spiro atoms. The summed E-state index contributed by atoms with van der Waals surface area (Å²) in [4.78, 5) is 9.31. The van der Waals surface area contributed by atoms with E-state index in [1.807, 2.05) is 12.1 Å². The minimum absolute atomic E-state index is 0.0314. The third-order valence-corrected chi connectivity index (χ3v) is 4.51. The number of anilines is 1. The van der Waals surface area contributed by atoms with E-state index in [9.17, 15) is 5.11 Å². The largest absolute Gasteiger partial charge is 0.392 e. The van der Waals surface area contributed by atoms with E-state index < -0.39 is 0 Å². The van der Waals surface area contributed by atoms with E-state index in [1.54, 1.807) is 6.20 Å². The molecule has 1 unspecified atom stereocenters. The molecule has 2 heterocycles. The van der Waals surface area contributed by atoms with E-state index in [4.69, 9.17) is 0 Å². The molecule has 1 aliphatic rings. The van der Waals surface area contributed by atoms with Gasteiger partial charge in [0.1, 0.15) is 5.82 Å². The number of nitrogens with zero attached hydrogens (tertiary/aromatic N) is 3. The van der Waals surface area contributed by atoms with Crippen LogP contribution in [0.4, 0.5) is 5.82 Å². The van der Waals surface area contributed by atoms with Crippen LogP contribution >= 0.6 is 0 Å². The predicted octanol–water partition coefficient (Wildman–Crippen LogP) is 2.26. The minimum atomic E-state index is 0.0314. The van der Waals surface area contributed by atoms with E-state index in [2.05, 4.69) is 41.0 Å². The van der Waals surface area contributed by atoms with Crippen molar-refractivity contribution in [2.24, 2.45) is 0 Å². The van der Waals surface area contributed by atoms with E-state index in [1.165, 1.54) is 19.4 Å². The van der Waals surface area contributed by atoms with Gasteiger partial charge in [-0.3, -0.25) is 0 Å². The average molecular weight is 285 g/mol. The van der Waals surface area contributed by atoms with Crippen LogP contribution < -0.4 is 4.90 Å². The first-order chi connectivity index (χ1) is 10.2. The number of piperidine rings is 1. The zero-order valence-corrected chi connectivity index (χ0v) is 12.8. The lowest BCUT2D eigenvalue weighted by atomic mass is 10.0. The molecule has 3 rings (SSSR count). The van der Waals surface area contributed by atoms with Crippen LogP contribution in [-0.4, -0.2) is 48.2 Å². The Kier molecular flexibility index (Phi) is 4.08. The van der Waals surface area contributed by atoms with Crippen molar-refractivity contribution in [1.29, 1.82) is 0 Å². The number of aliphatic hydroxyl groups excluding tert-OH is 1. The molecular weight excluding hydrogens is 262 g/mol. The quantitative estimate of drug-likeness (QED) is 0.939. The van der Waals surface area contributed by atoms with Gasteiger partial charge in [-0.25, -0.2) is 4.98 Å². The Labute approximate surface area is 126 Å². The molecular formula is C17H23N3O. The number of fused-ring (bicyclic) bond motifs is 1. The molecule has 0 bridgehead atoms. The number of aromatic nitrogens is 1. The molecule has 1 aromatic heterocycles. The molecule has 1 aromatic carbocycles. The zero-order chi connectivity index (χ0) is 14.8. The molecule has 1 atom stereocenters. The van der Waals surface area contributed by atoms with Gasteiger partial charge in [0.25, 0.3) is 0 Å². The molecule has 1 saturated heterocycles. The summed E-state index contributed by atoms with van der Waals surface area (Å²) in [7, 11) is 4.32.